The van der Waals surface area contributed by atoms with Crippen molar-refractivity contribution in [3.05, 3.63) is 23.8 Å². The zero-order chi connectivity index (χ0) is 13.3. The Labute approximate surface area is 119 Å². The van der Waals surface area contributed by atoms with E-state index in [-0.39, 0.29) is 0 Å². The number of aromatic nitrogens is 1. The number of rotatable bonds is 4. The average molecular weight is 274 g/mol. The fourth-order valence-electron chi connectivity index (χ4n) is 3.21. The van der Waals surface area contributed by atoms with Crippen molar-refractivity contribution in [2.75, 3.05) is 11.9 Å². The lowest BCUT2D eigenvalue weighted by Crippen LogP contribution is -2.25. The Balaban J connectivity index is 1.76. The lowest BCUT2D eigenvalue weighted by Gasteiger charge is -2.27. The molecular weight excluding hydrogens is 252 g/mol. The molecule has 102 valence electrons. The number of benzene rings is 1. The maximum atomic E-state index is 4.75. The van der Waals surface area contributed by atoms with Gasteiger partial charge < -0.3 is 5.32 Å². The quantitative estimate of drug-likeness (QED) is 0.850. The minimum Gasteiger partial charge on any atom is -0.361 e. The largest absolute Gasteiger partial charge is 0.361 e. The summed E-state index contributed by atoms with van der Waals surface area (Å²) in [6.07, 6.45) is 6.83. The molecule has 0 atom stereocenters. The average Bonchev–Trinajstić information content (AvgIpc) is 3.04. The Hall–Kier alpha value is -1.09. The highest BCUT2D eigenvalue weighted by Gasteiger charge is 2.31. The Morgan fingerprint density at radius 2 is 2.11 bits per heavy atom. The van der Waals surface area contributed by atoms with Gasteiger partial charge in [-0.25, -0.2) is 4.98 Å². The van der Waals surface area contributed by atoms with Crippen molar-refractivity contribution in [3.63, 3.8) is 0 Å². The molecule has 1 saturated carbocycles. The Bertz CT molecular complexity index is 567. The fraction of sp³-hybridized carbons (Fsp3) is 0.562. The van der Waals surface area contributed by atoms with E-state index in [1.807, 2.05) is 0 Å². The molecule has 0 spiro atoms. The molecular formula is C16H22N2S. The number of thiazole rings is 1. The van der Waals surface area contributed by atoms with Crippen LogP contribution in [0.2, 0.25) is 0 Å². The van der Waals surface area contributed by atoms with E-state index < -0.39 is 0 Å². The molecule has 3 heteroatoms. The second kappa shape index (κ2) is 5.12. The molecule has 2 aromatic rings. The summed E-state index contributed by atoms with van der Waals surface area (Å²) in [6, 6.07) is 6.41. The summed E-state index contributed by atoms with van der Waals surface area (Å²) < 4.78 is 1.29. The molecule has 0 saturated heterocycles. The van der Waals surface area contributed by atoms with Gasteiger partial charge in [0.1, 0.15) is 0 Å². The van der Waals surface area contributed by atoms with Gasteiger partial charge in [0.15, 0.2) is 5.13 Å². The van der Waals surface area contributed by atoms with E-state index in [9.17, 15) is 0 Å². The van der Waals surface area contributed by atoms with E-state index in [1.165, 1.54) is 42.4 Å². The van der Waals surface area contributed by atoms with Crippen LogP contribution in [-0.2, 0) is 0 Å². The van der Waals surface area contributed by atoms with Crippen LogP contribution in [0.3, 0.4) is 0 Å². The van der Waals surface area contributed by atoms with E-state index >= 15 is 0 Å². The molecule has 0 aliphatic heterocycles. The van der Waals surface area contributed by atoms with E-state index in [1.54, 1.807) is 11.3 Å². The number of hydrogen-bond donors (Lipinski definition) is 1. The first-order valence-corrected chi connectivity index (χ1v) is 8.14. The number of aryl methyl sites for hydroxylation is 1. The first kappa shape index (κ1) is 12.9. The molecule has 1 aliphatic rings. The number of hydrogen-bond acceptors (Lipinski definition) is 3. The van der Waals surface area contributed by atoms with Gasteiger partial charge in [-0.15, -0.1) is 0 Å². The summed E-state index contributed by atoms with van der Waals surface area (Å²) in [6.45, 7) is 5.55. The SMILES string of the molecule is CCC1(CNc2nc3c(C)cccc3s2)CCCC1. The van der Waals surface area contributed by atoms with Gasteiger partial charge in [0.05, 0.1) is 10.2 Å². The third kappa shape index (κ3) is 2.48. The smallest absolute Gasteiger partial charge is 0.183 e. The van der Waals surface area contributed by atoms with Crippen molar-refractivity contribution in [2.45, 2.75) is 46.0 Å². The van der Waals surface area contributed by atoms with Crippen LogP contribution in [0.4, 0.5) is 5.13 Å². The Morgan fingerprint density at radius 1 is 1.32 bits per heavy atom. The fourth-order valence-corrected chi connectivity index (χ4v) is 4.14. The molecule has 2 nitrogen and oxygen atoms in total. The van der Waals surface area contributed by atoms with Gasteiger partial charge in [0.2, 0.25) is 0 Å². The molecule has 1 fully saturated rings. The van der Waals surface area contributed by atoms with Gasteiger partial charge in [0, 0.05) is 6.54 Å². The number of para-hydroxylation sites is 1. The lowest BCUT2D eigenvalue weighted by molar-refractivity contribution is 0.307. The molecule has 0 radical (unpaired) electrons. The van der Waals surface area contributed by atoms with Crippen molar-refractivity contribution in [1.82, 2.24) is 4.98 Å². The van der Waals surface area contributed by atoms with E-state index in [2.05, 4.69) is 37.4 Å². The van der Waals surface area contributed by atoms with Gasteiger partial charge >= 0.3 is 0 Å². The topological polar surface area (TPSA) is 24.9 Å². The summed E-state index contributed by atoms with van der Waals surface area (Å²) in [5.41, 5.74) is 2.95. The highest BCUT2D eigenvalue weighted by atomic mass is 32.1. The molecule has 0 unspecified atom stereocenters. The molecule has 1 aliphatic carbocycles. The summed E-state index contributed by atoms with van der Waals surface area (Å²) in [5, 5.41) is 4.69. The van der Waals surface area contributed by atoms with Crippen LogP contribution >= 0.6 is 11.3 Å². The summed E-state index contributed by atoms with van der Waals surface area (Å²) in [5.74, 6) is 0. The molecule has 3 rings (SSSR count). The zero-order valence-corrected chi connectivity index (χ0v) is 12.6. The lowest BCUT2D eigenvalue weighted by atomic mass is 9.83. The minimum atomic E-state index is 0.521. The van der Waals surface area contributed by atoms with Crippen LogP contribution in [0.5, 0.6) is 0 Å². The monoisotopic (exact) mass is 274 g/mol. The van der Waals surface area contributed by atoms with Gasteiger partial charge in [-0.1, -0.05) is 43.2 Å². The van der Waals surface area contributed by atoms with Crippen LogP contribution in [0, 0.1) is 12.3 Å². The zero-order valence-electron chi connectivity index (χ0n) is 11.8. The number of nitrogens with zero attached hydrogens (tertiary/aromatic N) is 1. The molecule has 19 heavy (non-hydrogen) atoms. The normalized spacial score (nSPS) is 18.0. The molecule has 1 heterocycles. The molecule has 0 bridgehead atoms. The van der Waals surface area contributed by atoms with E-state index in [4.69, 9.17) is 4.98 Å². The van der Waals surface area contributed by atoms with Crippen LogP contribution < -0.4 is 5.32 Å². The van der Waals surface area contributed by atoms with Gasteiger partial charge in [-0.05, 0) is 43.2 Å². The summed E-state index contributed by atoms with van der Waals surface area (Å²) in [7, 11) is 0. The second-order valence-electron chi connectivity index (χ2n) is 5.85. The number of anilines is 1. The van der Waals surface area contributed by atoms with Crippen molar-refractivity contribution < 1.29 is 0 Å². The molecule has 1 aromatic heterocycles. The Kier molecular flexibility index (Phi) is 3.48. The summed E-state index contributed by atoms with van der Waals surface area (Å²) >= 11 is 1.78. The first-order chi connectivity index (χ1) is 9.22. The first-order valence-electron chi connectivity index (χ1n) is 7.32. The van der Waals surface area contributed by atoms with Crippen LogP contribution in [0.25, 0.3) is 10.2 Å². The highest BCUT2D eigenvalue weighted by molar-refractivity contribution is 7.22. The van der Waals surface area contributed by atoms with Gasteiger partial charge in [-0.2, -0.15) is 0 Å². The Morgan fingerprint density at radius 3 is 2.79 bits per heavy atom. The number of nitrogens with one attached hydrogen (secondary N) is 1. The maximum absolute atomic E-state index is 4.75. The van der Waals surface area contributed by atoms with E-state index in [0.717, 1.165) is 17.2 Å². The number of fused-ring (bicyclic) bond motifs is 1. The van der Waals surface area contributed by atoms with Crippen molar-refractivity contribution in [2.24, 2.45) is 5.41 Å². The predicted octanol–water partition coefficient (Wildman–Crippen LogP) is 4.99. The predicted molar refractivity (Wildman–Crippen MR) is 84.0 cm³/mol. The summed E-state index contributed by atoms with van der Waals surface area (Å²) in [4.78, 5) is 4.75. The van der Waals surface area contributed by atoms with Crippen molar-refractivity contribution in [1.29, 1.82) is 0 Å². The third-order valence-corrected chi connectivity index (χ3v) is 5.63. The maximum Gasteiger partial charge on any atom is 0.183 e. The van der Waals surface area contributed by atoms with Crippen LogP contribution in [0.1, 0.15) is 44.6 Å². The van der Waals surface area contributed by atoms with Crippen molar-refractivity contribution in [3.8, 4) is 0 Å². The van der Waals surface area contributed by atoms with Crippen LogP contribution in [-0.4, -0.2) is 11.5 Å². The second-order valence-corrected chi connectivity index (χ2v) is 6.89. The van der Waals surface area contributed by atoms with Gasteiger partial charge in [0.25, 0.3) is 0 Å². The molecule has 1 N–H and O–H groups in total. The van der Waals surface area contributed by atoms with Crippen LogP contribution in [0.15, 0.2) is 18.2 Å². The highest BCUT2D eigenvalue weighted by Crippen LogP contribution is 2.41. The van der Waals surface area contributed by atoms with Crippen molar-refractivity contribution >= 4 is 26.7 Å². The third-order valence-electron chi connectivity index (χ3n) is 4.65. The standard InChI is InChI=1S/C16H22N2S/c1-3-16(9-4-5-10-16)11-17-15-18-14-12(2)7-6-8-13(14)19-15/h6-8H,3-5,9-11H2,1-2H3,(H,17,18). The van der Waals surface area contributed by atoms with Gasteiger partial charge in [-0.3, -0.25) is 0 Å². The molecule has 0 amide bonds. The minimum absolute atomic E-state index is 0.521. The van der Waals surface area contributed by atoms with E-state index in [0.29, 0.717) is 5.41 Å². The molecule has 1 aromatic carbocycles.